The van der Waals surface area contributed by atoms with Gasteiger partial charge in [-0.1, -0.05) is 11.2 Å². The quantitative estimate of drug-likeness (QED) is 0.603. The summed E-state index contributed by atoms with van der Waals surface area (Å²) in [5, 5.41) is 15.8. The summed E-state index contributed by atoms with van der Waals surface area (Å²) in [7, 11) is 0. The van der Waals surface area contributed by atoms with Crippen LogP contribution >= 0.6 is 11.3 Å². The first-order chi connectivity index (χ1) is 11.2. The minimum atomic E-state index is -0.261. The molecule has 0 saturated carbocycles. The average molecular weight is 325 g/mol. The zero-order valence-corrected chi connectivity index (χ0v) is 12.8. The standard InChI is InChI=1S/C15H11N5O2S/c1-8-13-10(14(21)18-9-6-16-17-7-9)5-11(12-3-2-4-23-12)19-15(13)22-20-8/h2-7H,1H3,(H,16,17)(H,18,21). The molecule has 0 unspecified atom stereocenters. The molecule has 0 atom stereocenters. The molecule has 7 nitrogen and oxygen atoms in total. The summed E-state index contributed by atoms with van der Waals surface area (Å²) in [6, 6.07) is 5.64. The van der Waals surface area contributed by atoms with Gasteiger partial charge in [-0.3, -0.25) is 9.89 Å². The maximum atomic E-state index is 12.7. The number of fused-ring (bicyclic) bond motifs is 1. The second kappa shape index (κ2) is 5.33. The van der Waals surface area contributed by atoms with Crippen molar-refractivity contribution in [3.63, 3.8) is 0 Å². The molecule has 0 bridgehead atoms. The number of carbonyl (C=O) groups is 1. The molecule has 0 aromatic carbocycles. The normalized spacial score (nSPS) is 11.0. The van der Waals surface area contributed by atoms with E-state index in [9.17, 15) is 4.79 Å². The number of nitrogens with zero attached hydrogens (tertiary/aromatic N) is 3. The van der Waals surface area contributed by atoms with Crippen molar-refractivity contribution in [2.75, 3.05) is 5.32 Å². The number of anilines is 1. The van der Waals surface area contributed by atoms with Crippen molar-refractivity contribution in [1.82, 2.24) is 20.3 Å². The third-order valence-electron chi connectivity index (χ3n) is 3.39. The first-order valence-electron chi connectivity index (χ1n) is 6.83. The van der Waals surface area contributed by atoms with Crippen LogP contribution in [0.1, 0.15) is 16.1 Å². The summed E-state index contributed by atoms with van der Waals surface area (Å²) >= 11 is 1.55. The molecule has 0 aliphatic heterocycles. The highest BCUT2D eigenvalue weighted by Gasteiger charge is 2.20. The van der Waals surface area contributed by atoms with E-state index in [0.717, 1.165) is 4.88 Å². The Hall–Kier alpha value is -3.00. The van der Waals surface area contributed by atoms with E-state index in [1.165, 1.54) is 6.20 Å². The number of pyridine rings is 1. The Labute approximate surface area is 134 Å². The second-order valence-electron chi connectivity index (χ2n) is 4.92. The van der Waals surface area contributed by atoms with Gasteiger partial charge in [-0.05, 0) is 24.4 Å². The van der Waals surface area contributed by atoms with Gasteiger partial charge in [0.15, 0.2) is 0 Å². The molecule has 0 spiro atoms. The Bertz CT molecular complexity index is 973. The van der Waals surface area contributed by atoms with Crippen molar-refractivity contribution >= 4 is 34.0 Å². The van der Waals surface area contributed by atoms with E-state index in [1.54, 1.807) is 30.5 Å². The molecule has 0 saturated heterocycles. The van der Waals surface area contributed by atoms with Crippen molar-refractivity contribution in [3.05, 3.63) is 47.2 Å². The molecule has 114 valence electrons. The Morgan fingerprint density at radius 2 is 2.35 bits per heavy atom. The first-order valence-corrected chi connectivity index (χ1v) is 7.71. The van der Waals surface area contributed by atoms with E-state index < -0.39 is 0 Å². The van der Waals surface area contributed by atoms with Gasteiger partial charge in [-0.15, -0.1) is 11.3 Å². The maximum absolute atomic E-state index is 12.7. The Morgan fingerprint density at radius 1 is 1.43 bits per heavy atom. The highest BCUT2D eigenvalue weighted by Crippen LogP contribution is 2.29. The zero-order valence-electron chi connectivity index (χ0n) is 12.0. The van der Waals surface area contributed by atoms with Gasteiger partial charge in [0.1, 0.15) is 0 Å². The number of aromatic nitrogens is 4. The van der Waals surface area contributed by atoms with E-state index in [4.69, 9.17) is 4.52 Å². The first kappa shape index (κ1) is 13.6. The summed E-state index contributed by atoms with van der Waals surface area (Å²) in [6.45, 7) is 1.78. The monoisotopic (exact) mass is 325 g/mol. The average Bonchev–Trinajstić information content (AvgIpc) is 3.28. The number of amides is 1. The Morgan fingerprint density at radius 3 is 3.09 bits per heavy atom. The number of hydrogen-bond acceptors (Lipinski definition) is 6. The number of aromatic amines is 1. The van der Waals surface area contributed by atoms with Crippen LogP contribution in [-0.4, -0.2) is 26.2 Å². The molecule has 4 aromatic rings. The summed E-state index contributed by atoms with van der Waals surface area (Å²) in [4.78, 5) is 18.1. The van der Waals surface area contributed by atoms with Crippen molar-refractivity contribution in [3.8, 4) is 10.6 Å². The van der Waals surface area contributed by atoms with Gasteiger partial charge >= 0.3 is 0 Å². The van der Waals surface area contributed by atoms with Crippen LogP contribution in [-0.2, 0) is 0 Å². The third kappa shape index (κ3) is 2.38. The van der Waals surface area contributed by atoms with E-state index in [-0.39, 0.29) is 5.91 Å². The number of thiophene rings is 1. The molecule has 0 radical (unpaired) electrons. The van der Waals surface area contributed by atoms with Gasteiger partial charge in [-0.2, -0.15) is 5.10 Å². The molecule has 2 N–H and O–H groups in total. The van der Waals surface area contributed by atoms with Crippen LogP contribution in [0.4, 0.5) is 5.69 Å². The van der Waals surface area contributed by atoms with Crippen LogP contribution in [0.2, 0.25) is 0 Å². The largest absolute Gasteiger partial charge is 0.335 e. The predicted octanol–water partition coefficient (Wildman–Crippen LogP) is 3.24. The summed E-state index contributed by atoms with van der Waals surface area (Å²) in [5.74, 6) is -0.261. The Kier molecular flexibility index (Phi) is 3.16. The van der Waals surface area contributed by atoms with Crippen molar-refractivity contribution < 1.29 is 9.32 Å². The summed E-state index contributed by atoms with van der Waals surface area (Å²) in [6.07, 6.45) is 3.15. The van der Waals surface area contributed by atoms with Gasteiger partial charge in [-0.25, -0.2) is 4.98 Å². The molecule has 4 rings (SSSR count). The van der Waals surface area contributed by atoms with Crippen molar-refractivity contribution in [2.24, 2.45) is 0 Å². The number of aryl methyl sites for hydroxylation is 1. The van der Waals surface area contributed by atoms with Crippen LogP contribution < -0.4 is 5.32 Å². The molecule has 0 aliphatic carbocycles. The SMILES string of the molecule is Cc1noc2nc(-c3cccs3)cc(C(=O)Nc3cn[nH]c3)c12. The fraction of sp³-hybridized carbons (Fsp3) is 0.0667. The van der Waals surface area contributed by atoms with Gasteiger partial charge < -0.3 is 9.84 Å². The van der Waals surface area contributed by atoms with Crippen LogP contribution in [0, 0.1) is 6.92 Å². The van der Waals surface area contributed by atoms with Gasteiger partial charge in [0, 0.05) is 6.20 Å². The zero-order chi connectivity index (χ0) is 15.8. The van der Waals surface area contributed by atoms with Crippen LogP contribution in [0.5, 0.6) is 0 Å². The number of hydrogen-bond donors (Lipinski definition) is 2. The van der Waals surface area contributed by atoms with E-state index >= 15 is 0 Å². The topological polar surface area (TPSA) is 96.7 Å². The van der Waals surface area contributed by atoms with E-state index in [1.807, 2.05) is 17.5 Å². The number of carbonyl (C=O) groups excluding carboxylic acids is 1. The van der Waals surface area contributed by atoms with E-state index in [2.05, 4.69) is 25.7 Å². The molecule has 4 heterocycles. The Balaban J connectivity index is 1.86. The van der Waals surface area contributed by atoms with Gasteiger partial charge in [0.25, 0.3) is 11.6 Å². The number of H-pyrrole nitrogens is 1. The maximum Gasteiger partial charge on any atom is 0.259 e. The van der Waals surface area contributed by atoms with E-state index in [0.29, 0.717) is 33.7 Å². The molecule has 0 fully saturated rings. The van der Waals surface area contributed by atoms with Crippen LogP contribution in [0.3, 0.4) is 0 Å². The lowest BCUT2D eigenvalue weighted by molar-refractivity contribution is 0.102. The smallest absolute Gasteiger partial charge is 0.259 e. The third-order valence-corrected chi connectivity index (χ3v) is 4.28. The van der Waals surface area contributed by atoms with Crippen LogP contribution in [0.25, 0.3) is 21.7 Å². The lowest BCUT2D eigenvalue weighted by atomic mass is 10.1. The molecule has 1 amide bonds. The summed E-state index contributed by atoms with van der Waals surface area (Å²) < 4.78 is 5.26. The highest BCUT2D eigenvalue weighted by atomic mass is 32.1. The molecule has 8 heteroatoms. The summed E-state index contributed by atoms with van der Waals surface area (Å²) in [5.41, 5.74) is 2.72. The molecule has 0 aliphatic rings. The number of nitrogens with one attached hydrogen (secondary N) is 2. The second-order valence-corrected chi connectivity index (χ2v) is 5.87. The van der Waals surface area contributed by atoms with Gasteiger partial charge in [0.05, 0.1) is 39.1 Å². The molecular weight excluding hydrogens is 314 g/mol. The van der Waals surface area contributed by atoms with Crippen LogP contribution in [0.15, 0.2) is 40.5 Å². The molecular formula is C15H11N5O2S. The van der Waals surface area contributed by atoms with Gasteiger partial charge in [0.2, 0.25) is 0 Å². The lowest BCUT2D eigenvalue weighted by Gasteiger charge is -2.06. The minimum Gasteiger partial charge on any atom is -0.335 e. The van der Waals surface area contributed by atoms with Crippen molar-refractivity contribution in [1.29, 1.82) is 0 Å². The fourth-order valence-corrected chi connectivity index (χ4v) is 3.03. The predicted molar refractivity (Wildman–Crippen MR) is 86.4 cm³/mol. The fourth-order valence-electron chi connectivity index (χ4n) is 2.34. The minimum absolute atomic E-state index is 0.261. The molecule has 23 heavy (non-hydrogen) atoms. The lowest BCUT2D eigenvalue weighted by Crippen LogP contribution is -2.12. The highest BCUT2D eigenvalue weighted by molar-refractivity contribution is 7.13. The molecule has 4 aromatic heterocycles. The van der Waals surface area contributed by atoms with Crippen molar-refractivity contribution in [2.45, 2.75) is 6.92 Å². The number of rotatable bonds is 3.